The van der Waals surface area contributed by atoms with E-state index in [1.165, 1.54) is 19.3 Å². The first-order valence-electron chi connectivity index (χ1n) is 7.48. The largest absolute Gasteiger partial charge is 0.386 e. The van der Waals surface area contributed by atoms with Crippen molar-refractivity contribution in [1.82, 2.24) is 14.7 Å². The molecule has 1 aromatic rings. The van der Waals surface area contributed by atoms with Crippen LogP contribution in [0.3, 0.4) is 0 Å². The van der Waals surface area contributed by atoms with Gasteiger partial charge in [-0.1, -0.05) is 26.2 Å². The third-order valence-corrected chi connectivity index (χ3v) is 4.54. The van der Waals surface area contributed by atoms with Gasteiger partial charge in [-0.3, -0.25) is 4.68 Å². The molecule has 2 rings (SSSR count). The van der Waals surface area contributed by atoms with E-state index < -0.39 is 6.10 Å². The van der Waals surface area contributed by atoms with Crippen molar-refractivity contribution in [2.45, 2.75) is 63.6 Å². The topological polar surface area (TPSA) is 41.3 Å². The second-order valence-electron chi connectivity index (χ2n) is 6.00. The minimum absolute atomic E-state index is 0.113. The highest BCUT2D eigenvalue weighted by atomic mass is 16.3. The van der Waals surface area contributed by atoms with Gasteiger partial charge in [0.25, 0.3) is 0 Å². The molecule has 1 aliphatic rings. The van der Waals surface area contributed by atoms with Crippen molar-refractivity contribution in [2.24, 2.45) is 0 Å². The lowest BCUT2D eigenvalue weighted by Crippen LogP contribution is -2.50. The molecule has 1 saturated carbocycles. The van der Waals surface area contributed by atoms with Crippen LogP contribution in [0.25, 0.3) is 0 Å². The fourth-order valence-electron chi connectivity index (χ4n) is 3.31. The number of aromatic nitrogens is 2. The fraction of sp³-hybridized carbons (Fsp3) is 0.800. The molecule has 1 unspecified atom stereocenters. The molecule has 4 heteroatoms. The van der Waals surface area contributed by atoms with Crippen molar-refractivity contribution in [2.75, 3.05) is 14.1 Å². The summed E-state index contributed by atoms with van der Waals surface area (Å²) in [5.41, 5.74) is 0.849. The Hall–Kier alpha value is -0.870. The average molecular weight is 265 g/mol. The smallest absolute Gasteiger partial charge is 0.100 e. The summed E-state index contributed by atoms with van der Waals surface area (Å²) in [5, 5.41) is 15.2. The van der Waals surface area contributed by atoms with Crippen LogP contribution in [0, 0.1) is 0 Å². The molecule has 4 nitrogen and oxygen atoms in total. The Morgan fingerprint density at radius 3 is 2.63 bits per heavy atom. The summed E-state index contributed by atoms with van der Waals surface area (Å²) in [4.78, 5) is 2.22. The minimum atomic E-state index is -0.437. The summed E-state index contributed by atoms with van der Waals surface area (Å²) >= 11 is 0. The van der Waals surface area contributed by atoms with Gasteiger partial charge >= 0.3 is 0 Å². The molecule has 19 heavy (non-hydrogen) atoms. The average Bonchev–Trinajstić information content (AvgIpc) is 2.87. The zero-order chi connectivity index (χ0) is 13.9. The Morgan fingerprint density at radius 1 is 1.37 bits per heavy atom. The molecule has 0 spiro atoms. The molecule has 0 radical (unpaired) electrons. The number of hydrogen-bond acceptors (Lipinski definition) is 3. The van der Waals surface area contributed by atoms with E-state index in [9.17, 15) is 5.11 Å². The highest BCUT2D eigenvalue weighted by Crippen LogP contribution is 2.41. The van der Waals surface area contributed by atoms with Gasteiger partial charge < -0.3 is 10.0 Å². The van der Waals surface area contributed by atoms with Crippen LogP contribution in [-0.2, 0) is 6.54 Å². The SMILES string of the molecule is CCCn1cc(C(O)C2(N(C)C)CCCCC2)cn1. The van der Waals surface area contributed by atoms with Gasteiger partial charge in [-0.15, -0.1) is 0 Å². The van der Waals surface area contributed by atoms with Crippen molar-refractivity contribution in [1.29, 1.82) is 0 Å². The van der Waals surface area contributed by atoms with Crippen LogP contribution >= 0.6 is 0 Å². The van der Waals surface area contributed by atoms with Crippen molar-refractivity contribution < 1.29 is 5.11 Å². The first-order valence-corrected chi connectivity index (χ1v) is 7.48. The molecule has 0 aromatic carbocycles. The standard InChI is InChI=1S/C15H27N3O/c1-4-10-18-12-13(11-16-18)14(19)15(17(2)3)8-6-5-7-9-15/h11-12,14,19H,4-10H2,1-3H3. The molecule has 108 valence electrons. The maximum atomic E-state index is 10.9. The zero-order valence-electron chi connectivity index (χ0n) is 12.5. The number of likely N-dealkylation sites (N-methyl/N-ethyl adjacent to an activating group) is 1. The number of aliphatic hydroxyl groups is 1. The van der Waals surface area contributed by atoms with Crippen molar-refractivity contribution >= 4 is 0 Å². The number of hydrogen-bond donors (Lipinski definition) is 1. The minimum Gasteiger partial charge on any atom is -0.386 e. The summed E-state index contributed by atoms with van der Waals surface area (Å²) in [6.07, 6.45) is 10.3. The Kier molecular flexibility index (Phi) is 4.63. The van der Waals surface area contributed by atoms with Crippen LogP contribution in [0.1, 0.15) is 57.1 Å². The Bertz CT molecular complexity index is 394. The molecule has 0 bridgehead atoms. The molecule has 1 aliphatic carbocycles. The lowest BCUT2D eigenvalue weighted by molar-refractivity contribution is -0.0336. The number of nitrogens with zero attached hydrogens (tertiary/aromatic N) is 3. The maximum Gasteiger partial charge on any atom is 0.100 e. The second kappa shape index (κ2) is 6.06. The predicted octanol–water partition coefficient (Wildman–Crippen LogP) is 2.59. The van der Waals surface area contributed by atoms with Crippen molar-refractivity contribution in [3.05, 3.63) is 18.0 Å². The second-order valence-corrected chi connectivity index (χ2v) is 6.00. The molecular weight excluding hydrogens is 238 g/mol. The van der Waals surface area contributed by atoms with Crippen molar-refractivity contribution in [3.63, 3.8) is 0 Å². The van der Waals surface area contributed by atoms with Gasteiger partial charge in [0.05, 0.1) is 11.7 Å². The molecule has 0 saturated heterocycles. The van der Waals surface area contributed by atoms with Crippen LogP contribution in [-0.4, -0.2) is 39.4 Å². The van der Waals surface area contributed by atoms with Crippen LogP contribution < -0.4 is 0 Å². The van der Waals surface area contributed by atoms with Gasteiger partial charge in [-0.25, -0.2) is 0 Å². The lowest BCUT2D eigenvalue weighted by Gasteiger charge is -2.46. The van der Waals surface area contributed by atoms with E-state index in [4.69, 9.17) is 0 Å². The van der Waals surface area contributed by atoms with Gasteiger partial charge in [-0.2, -0.15) is 5.10 Å². The number of rotatable bonds is 5. The predicted molar refractivity (Wildman–Crippen MR) is 77.0 cm³/mol. The highest BCUT2D eigenvalue weighted by molar-refractivity contribution is 5.16. The van der Waals surface area contributed by atoms with E-state index >= 15 is 0 Å². The molecule has 1 aromatic heterocycles. The van der Waals surface area contributed by atoms with Gasteiger partial charge in [0.2, 0.25) is 0 Å². The molecule has 1 atom stereocenters. The third-order valence-electron chi connectivity index (χ3n) is 4.54. The Labute approximate surface area is 116 Å². The van der Waals surface area contributed by atoms with E-state index in [-0.39, 0.29) is 5.54 Å². The van der Waals surface area contributed by atoms with Gasteiger partial charge in [0.15, 0.2) is 0 Å². The van der Waals surface area contributed by atoms with Crippen LogP contribution in [0.5, 0.6) is 0 Å². The van der Waals surface area contributed by atoms with Crippen LogP contribution in [0.4, 0.5) is 0 Å². The molecule has 1 N–H and O–H groups in total. The van der Waals surface area contributed by atoms with Gasteiger partial charge in [0.1, 0.15) is 6.10 Å². The first-order chi connectivity index (χ1) is 9.10. The molecule has 1 fully saturated rings. The molecule has 1 heterocycles. The Balaban J connectivity index is 2.20. The summed E-state index contributed by atoms with van der Waals surface area (Å²) in [6.45, 7) is 3.06. The van der Waals surface area contributed by atoms with Crippen LogP contribution in [0.15, 0.2) is 12.4 Å². The van der Waals surface area contributed by atoms with Gasteiger partial charge in [-0.05, 0) is 33.4 Å². The number of aliphatic hydroxyl groups excluding tert-OH is 1. The molecular formula is C15H27N3O. The van der Waals surface area contributed by atoms with Crippen molar-refractivity contribution in [3.8, 4) is 0 Å². The normalized spacial score (nSPS) is 20.7. The van der Waals surface area contributed by atoms with E-state index in [2.05, 4.69) is 31.0 Å². The number of aryl methyl sites for hydroxylation is 1. The zero-order valence-corrected chi connectivity index (χ0v) is 12.5. The van der Waals surface area contributed by atoms with E-state index in [0.29, 0.717) is 0 Å². The monoisotopic (exact) mass is 265 g/mol. The highest BCUT2D eigenvalue weighted by Gasteiger charge is 2.42. The van der Waals surface area contributed by atoms with E-state index in [1.807, 2.05) is 17.1 Å². The fourth-order valence-corrected chi connectivity index (χ4v) is 3.31. The van der Waals surface area contributed by atoms with Crippen LogP contribution in [0.2, 0.25) is 0 Å². The van der Waals surface area contributed by atoms with E-state index in [1.54, 1.807) is 0 Å². The third kappa shape index (κ3) is 2.84. The summed E-state index contributed by atoms with van der Waals surface area (Å²) in [6, 6.07) is 0. The molecule has 0 amide bonds. The first kappa shape index (κ1) is 14.5. The van der Waals surface area contributed by atoms with Gasteiger partial charge in [0, 0.05) is 18.3 Å². The quantitative estimate of drug-likeness (QED) is 0.889. The maximum absolute atomic E-state index is 10.9. The van der Waals surface area contributed by atoms with E-state index in [0.717, 1.165) is 31.4 Å². The summed E-state index contributed by atoms with van der Waals surface area (Å²) < 4.78 is 1.94. The summed E-state index contributed by atoms with van der Waals surface area (Å²) in [7, 11) is 4.18. The summed E-state index contributed by atoms with van der Waals surface area (Å²) in [5.74, 6) is 0. The Morgan fingerprint density at radius 2 is 2.05 bits per heavy atom. The molecule has 0 aliphatic heterocycles. The lowest BCUT2D eigenvalue weighted by atomic mass is 9.75.